The van der Waals surface area contributed by atoms with Crippen LogP contribution in [-0.4, -0.2) is 33.2 Å². The first-order chi connectivity index (χ1) is 15.0. The third-order valence-corrected chi connectivity index (χ3v) is 4.67. The maximum Gasteiger partial charge on any atom is 0.337 e. The molecule has 1 N–H and O–H groups in total. The molecule has 0 fully saturated rings. The first-order valence-corrected chi connectivity index (χ1v) is 9.27. The molecule has 0 radical (unpaired) electrons. The van der Waals surface area contributed by atoms with Gasteiger partial charge in [0.25, 0.3) is 5.91 Å². The first-order valence-electron chi connectivity index (χ1n) is 9.27. The summed E-state index contributed by atoms with van der Waals surface area (Å²) in [6.07, 6.45) is 1.48. The molecule has 0 aliphatic heterocycles. The highest BCUT2D eigenvalue weighted by molar-refractivity contribution is 6.11. The number of benzene rings is 3. The van der Waals surface area contributed by atoms with Gasteiger partial charge in [-0.1, -0.05) is 12.1 Å². The van der Waals surface area contributed by atoms with Crippen LogP contribution in [0.15, 0.2) is 60.2 Å². The monoisotopic (exact) mass is 416 g/mol. The Kier molecular flexibility index (Phi) is 6.53. The second kappa shape index (κ2) is 9.46. The Morgan fingerprint density at radius 3 is 2.29 bits per heavy atom. The summed E-state index contributed by atoms with van der Waals surface area (Å²) >= 11 is 0. The van der Waals surface area contributed by atoms with E-state index >= 15 is 0 Å². The highest BCUT2D eigenvalue weighted by Crippen LogP contribution is 2.32. The van der Waals surface area contributed by atoms with E-state index in [2.05, 4.69) is 10.1 Å². The number of amides is 1. The van der Waals surface area contributed by atoms with Gasteiger partial charge < -0.3 is 19.5 Å². The van der Waals surface area contributed by atoms with Crippen molar-refractivity contribution < 1.29 is 23.8 Å². The molecule has 31 heavy (non-hydrogen) atoms. The molecular formula is C24H20N2O5. The van der Waals surface area contributed by atoms with E-state index in [4.69, 9.17) is 9.47 Å². The largest absolute Gasteiger partial charge is 0.497 e. The van der Waals surface area contributed by atoms with Gasteiger partial charge in [-0.25, -0.2) is 4.79 Å². The normalized spacial score (nSPS) is 10.8. The van der Waals surface area contributed by atoms with Crippen molar-refractivity contribution in [2.45, 2.75) is 0 Å². The molecule has 0 unspecified atom stereocenters. The molecule has 0 aliphatic rings. The van der Waals surface area contributed by atoms with Crippen LogP contribution >= 0.6 is 0 Å². The van der Waals surface area contributed by atoms with Crippen molar-refractivity contribution in [3.05, 3.63) is 71.3 Å². The number of fused-ring (bicyclic) bond motifs is 1. The Labute approximate surface area is 179 Å². The quantitative estimate of drug-likeness (QED) is 0.368. The van der Waals surface area contributed by atoms with Crippen molar-refractivity contribution in [3.8, 4) is 17.6 Å². The number of nitrogens with one attached hydrogen (secondary N) is 1. The smallest absolute Gasteiger partial charge is 0.337 e. The van der Waals surface area contributed by atoms with Gasteiger partial charge in [0.05, 0.1) is 26.9 Å². The lowest BCUT2D eigenvalue weighted by Gasteiger charge is -2.11. The van der Waals surface area contributed by atoms with E-state index in [9.17, 15) is 14.9 Å². The molecule has 3 aromatic rings. The van der Waals surface area contributed by atoms with E-state index in [1.807, 2.05) is 30.3 Å². The molecule has 0 heterocycles. The minimum absolute atomic E-state index is 0.106. The van der Waals surface area contributed by atoms with Gasteiger partial charge in [0.1, 0.15) is 23.1 Å². The molecule has 7 nitrogen and oxygen atoms in total. The molecule has 7 heteroatoms. The fourth-order valence-corrected chi connectivity index (χ4v) is 3.05. The molecule has 1 amide bonds. The molecule has 0 saturated heterocycles. The third-order valence-electron chi connectivity index (χ3n) is 4.67. The SMILES string of the molecule is COC(=O)c1ccc(NC(=O)/C(C#N)=C/c2c(OC)ccc3ccc(OC)cc23)cc1. The number of hydrogen-bond donors (Lipinski definition) is 1. The summed E-state index contributed by atoms with van der Waals surface area (Å²) in [4.78, 5) is 24.3. The van der Waals surface area contributed by atoms with Crippen LogP contribution in [0.25, 0.3) is 16.8 Å². The highest BCUT2D eigenvalue weighted by Gasteiger charge is 2.14. The summed E-state index contributed by atoms with van der Waals surface area (Å²) in [6, 6.07) is 17.3. The van der Waals surface area contributed by atoms with Crippen LogP contribution in [-0.2, 0) is 9.53 Å². The first kappa shape index (κ1) is 21.4. The Morgan fingerprint density at radius 2 is 1.68 bits per heavy atom. The van der Waals surface area contributed by atoms with Crippen molar-refractivity contribution in [1.29, 1.82) is 5.26 Å². The number of ether oxygens (including phenoxy) is 3. The van der Waals surface area contributed by atoms with E-state index in [1.165, 1.54) is 32.4 Å². The topological polar surface area (TPSA) is 97.7 Å². The molecule has 0 bridgehead atoms. The Morgan fingerprint density at radius 1 is 0.968 bits per heavy atom. The van der Waals surface area contributed by atoms with Crippen LogP contribution in [0, 0.1) is 11.3 Å². The van der Waals surface area contributed by atoms with Crippen molar-refractivity contribution in [2.75, 3.05) is 26.6 Å². The lowest BCUT2D eigenvalue weighted by molar-refractivity contribution is -0.112. The molecule has 0 atom stereocenters. The van der Waals surface area contributed by atoms with E-state index in [-0.39, 0.29) is 5.57 Å². The molecule has 156 valence electrons. The lowest BCUT2D eigenvalue weighted by Crippen LogP contribution is -2.13. The standard InChI is InChI=1S/C24H20N2O5/c1-29-19-10-6-15-7-11-22(30-2)21(20(15)13-19)12-17(14-25)23(27)26-18-8-4-16(5-9-18)24(28)31-3/h4-13H,1-3H3,(H,26,27)/b17-12+. The summed E-state index contributed by atoms with van der Waals surface area (Å²) in [5.41, 5.74) is 1.27. The van der Waals surface area contributed by atoms with Crippen LogP contribution in [0.3, 0.4) is 0 Å². The number of methoxy groups -OCH3 is 3. The van der Waals surface area contributed by atoms with Gasteiger partial charge in [-0.2, -0.15) is 5.26 Å². The lowest BCUT2D eigenvalue weighted by atomic mass is 10.0. The molecule has 0 aromatic heterocycles. The van der Waals surface area contributed by atoms with E-state index < -0.39 is 11.9 Å². The summed E-state index contributed by atoms with van der Waals surface area (Å²) in [6.45, 7) is 0. The Hall–Kier alpha value is -4.31. The molecule has 3 aromatic carbocycles. The van der Waals surface area contributed by atoms with Crippen molar-refractivity contribution in [2.24, 2.45) is 0 Å². The number of carbonyl (C=O) groups excluding carboxylic acids is 2. The molecule has 3 rings (SSSR count). The van der Waals surface area contributed by atoms with Crippen LogP contribution in [0.2, 0.25) is 0 Å². The second-order valence-corrected chi connectivity index (χ2v) is 6.46. The van der Waals surface area contributed by atoms with Gasteiger partial charge in [0.15, 0.2) is 0 Å². The number of hydrogen-bond acceptors (Lipinski definition) is 6. The number of rotatable bonds is 6. The predicted octanol–water partition coefficient (Wildman–Crippen LogP) is 4.19. The van der Waals surface area contributed by atoms with Crippen LogP contribution in [0.1, 0.15) is 15.9 Å². The minimum atomic E-state index is -0.588. The zero-order chi connectivity index (χ0) is 22.4. The Bertz CT molecular complexity index is 1200. The highest BCUT2D eigenvalue weighted by atomic mass is 16.5. The summed E-state index contributed by atoms with van der Waals surface area (Å²) in [5, 5.41) is 14.0. The van der Waals surface area contributed by atoms with Gasteiger partial charge in [0.2, 0.25) is 0 Å². The van der Waals surface area contributed by atoms with Crippen LogP contribution in [0.5, 0.6) is 11.5 Å². The zero-order valence-corrected chi connectivity index (χ0v) is 17.3. The molecule has 0 aliphatic carbocycles. The van der Waals surface area contributed by atoms with Gasteiger partial charge in [-0.15, -0.1) is 0 Å². The second-order valence-electron chi connectivity index (χ2n) is 6.46. The van der Waals surface area contributed by atoms with Gasteiger partial charge in [-0.3, -0.25) is 4.79 Å². The average molecular weight is 416 g/mol. The van der Waals surface area contributed by atoms with E-state index in [0.29, 0.717) is 28.3 Å². The van der Waals surface area contributed by atoms with Crippen molar-refractivity contribution >= 4 is 34.4 Å². The third kappa shape index (κ3) is 4.65. The van der Waals surface area contributed by atoms with Crippen LogP contribution in [0.4, 0.5) is 5.69 Å². The number of esters is 1. The fourth-order valence-electron chi connectivity index (χ4n) is 3.05. The predicted molar refractivity (Wildman–Crippen MR) is 117 cm³/mol. The zero-order valence-electron chi connectivity index (χ0n) is 17.3. The summed E-state index contributed by atoms with van der Waals surface area (Å²) in [7, 11) is 4.38. The van der Waals surface area contributed by atoms with Gasteiger partial charge in [-0.05, 0) is 59.3 Å². The van der Waals surface area contributed by atoms with Gasteiger partial charge >= 0.3 is 5.97 Å². The number of carbonyl (C=O) groups is 2. The van der Waals surface area contributed by atoms with Crippen LogP contribution < -0.4 is 14.8 Å². The summed E-state index contributed by atoms with van der Waals surface area (Å²) in [5.74, 6) is 0.0945. The average Bonchev–Trinajstić information content (AvgIpc) is 2.81. The van der Waals surface area contributed by atoms with Crippen molar-refractivity contribution in [3.63, 3.8) is 0 Å². The van der Waals surface area contributed by atoms with E-state index in [0.717, 1.165) is 10.8 Å². The Balaban J connectivity index is 1.97. The molecular weight excluding hydrogens is 396 g/mol. The summed E-state index contributed by atoms with van der Waals surface area (Å²) < 4.78 is 15.4. The molecule has 0 spiro atoms. The number of nitrogens with zero attached hydrogens (tertiary/aromatic N) is 1. The number of nitriles is 1. The fraction of sp³-hybridized carbons (Fsp3) is 0.125. The molecule has 0 saturated carbocycles. The maximum atomic E-state index is 12.7. The van der Waals surface area contributed by atoms with Crippen molar-refractivity contribution in [1.82, 2.24) is 0 Å². The van der Waals surface area contributed by atoms with Gasteiger partial charge in [0, 0.05) is 11.3 Å². The minimum Gasteiger partial charge on any atom is -0.497 e. The number of anilines is 1. The van der Waals surface area contributed by atoms with E-state index in [1.54, 1.807) is 25.3 Å². The maximum absolute atomic E-state index is 12.7.